The van der Waals surface area contributed by atoms with Gasteiger partial charge < -0.3 is 0 Å². The normalized spacial score (nSPS) is 9.64. The van der Waals surface area contributed by atoms with E-state index in [1.807, 2.05) is 12.1 Å². The molecule has 1 aromatic rings. The third-order valence-electron chi connectivity index (χ3n) is 1.66. The lowest BCUT2D eigenvalue weighted by Crippen LogP contribution is -1.79. The van der Waals surface area contributed by atoms with Crippen LogP contribution in [0.3, 0.4) is 0 Å². The standard InChI is InChI=1S/C10H11Br/c1-3-8(2)9-5-4-6-10(11)7-9/h4-7H,2-3H2,1H3. The van der Waals surface area contributed by atoms with Crippen molar-refractivity contribution in [1.82, 2.24) is 0 Å². The van der Waals surface area contributed by atoms with Crippen molar-refractivity contribution in [1.29, 1.82) is 0 Å². The SMILES string of the molecule is C=C(CC)c1cccc(Br)c1. The first kappa shape index (κ1) is 8.54. The van der Waals surface area contributed by atoms with E-state index in [4.69, 9.17) is 0 Å². The lowest BCUT2D eigenvalue weighted by molar-refractivity contribution is 1.24. The van der Waals surface area contributed by atoms with Crippen LogP contribution >= 0.6 is 15.9 Å². The first-order chi connectivity index (χ1) is 5.24. The molecule has 0 amide bonds. The van der Waals surface area contributed by atoms with E-state index in [0.29, 0.717) is 0 Å². The van der Waals surface area contributed by atoms with Crippen molar-refractivity contribution in [2.24, 2.45) is 0 Å². The molecular weight excluding hydrogens is 200 g/mol. The van der Waals surface area contributed by atoms with Gasteiger partial charge in [0.25, 0.3) is 0 Å². The van der Waals surface area contributed by atoms with Gasteiger partial charge in [-0.1, -0.05) is 41.6 Å². The molecule has 0 saturated carbocycles. The van der Waals surface area contributed by atoms with Crippen molar-refractivity contribution in [2.45, 2.75) is 13.3 Å². The molecule has 0 heterocycles. The Morgan fingerprint density at radius 3 is 2.82 bits per heavy atom. The minimum Gasteiger partial charge on any atom is -0.0952 e. The van der Waals surface area contributed by atoms with Gasteiger partial charge >= 0.3 is 0 Å². The van der Waals surface area contributed by atoms with Gasteiger partial charge in [0.2, 0.25) is 0 Å². The van der Waals surface area contributed by atoms with Crippen LogP contribution in [0.25, 0.3) is 5.57 Å². The Labute approximate surface area is 76.1 Å². The topological polar surface area (TPSA) is 0 Å². The maximum absolute atomic E-state index is 3.96. The molecule has 58 valence electrons. The molecule has 11 heavy (non-hydrogen) atoms. The zero-order chi connectivity index (χ0) is 8.27. The van der Waals surface area contributed by atoms with Crippen LogP contribution in [0.1, 0.15) is 18.9 Å². The zero-order valence-corrected chi connectivity index (χ0v) is 8.19. The second-order valence-electron chi connectivity index (χ2n) is 2.47. The second kappa shape index (κ2) is 3.72. The molecule has 0 unspecified atom stereocenters. The maximum atomic E-state index is 3.96. The van der Waals surface area contributed by atoms with Crippen LogP contribution in [-0.4, -0.2) is 0 Å². The Balaban J connectivity index is 2.96. The predicted octanol–water partition coefficient (Wildman–Crippen LogP) is 3.87. The summed E-state index contributed by atoms with van der Waals surface area (Å²) in [7, 11) is 0. The summed E-state index contributed by atoms with van der Waals surface area (Å²) in [5.74, 6) is 0. The van der Waals surface area contributed by atoms with Crippen LogP contribution in [0.2, 0.25) is 0 Å². The molecule has 0 atom stereocenters. The Morgan fingerprint density at radius 1 is 1.55 bits per heavy atom. The number of halogens is 1. The number of rotatable bonds is 2. The van der Waals surface area contributed by atoms with Gasteiger partial charge in [0.05, 0.1) is 0 Å². The highest BCUT2D eigenvalue weighted by Crippen LogP contribution is 2.19. The molecule has 0 spiro atoms. The molecular formula is C10H11Br. The predicted molar refractivity (Wildman–Crippen MR) is 53.5 cm³/mol. The largest absolute Gasteiger partial charge is 0.0952 e. The van der Waals surface area contributed by atoms with Crippen LogP contribution in [0.15, 0.2) is 35.3 Å². The van der Waals surface area contributed by atoms with Crippen molar-refractivity contribution in [3.8, 4) is 0 Å². The molecule has 0 saturated heterocycles. The lowest BCUT2D eigenvalue weighted by atomic mass is 10.1. The van der Waals surface area contributed by atoms with Gasteiger partial charge in [0.15, 0.2) is 0 Å². The molecule has 0 nitrogen and oxygen atoms in total. The highest BCUT2D eigenvalue weighted by Gasteiger charge is 1.95. The molecule has 0 aliphatic carbocycles. The molecule has 1 rings (SSSR count). The molecule has 0 aromatic heterocycles. The van der Waals surface area contributed by atoms with E-state index in [2.05, 4.69) is 41.6 Å². The van der Waals surface area contributed by atoms with Crippen LogP contribution in [-0.2, 0) is 0 Å². The molecule has 1 aromatic carbocycles. The molecule has 0 N–H and O–H groups in total. The quantitative estimate of drug-likeness (QED) is 0.696. The van der Waals surface area contributed by atoms with Gasteiger partial charge in [-0.15, -0.1) is 0 Å². The van der Waals surface area contributed by atoms with Gasteiger partial charge in [0, 0.05) is 4.47 Å². The van der Waals surface area contributed by atoms with Crippen LogP contribution in [0, 0.1) is 0 Å². The summed E-state index contributed by atoms with van der Waals surface area (Å²) in [5, 5.41) is 0. The van der Waals surface area contributed by atoms with Crippen LogP contribution in [0.4, 0.5) is 0 Å². The van der Waals surface area contributed by atoms with Crippen LogP contribution < -0.4 is 0 Å². The average Bonchev–Trinajstić information content (AvgIpc) is 2.03. The first-order valence-electron chi connectivity index (χ1n) is 3.67. The molecule has 0 bridgehead atoms. The Hall–Kier alpha value is -0.560. The summed E-state index contributed by atoms with van der Waals surface area (Å²) >= 11 is 3.42. The van der Waals surface area contributed by atoms with Crippen LogP contribution in [0.5, 0.6) is 0 Å². The van der Waals surface area contributed by atoms with E-state index in [1.165, 1.54) is 11.1 Å². The van der Waals surface area contributed by atoms with Gasteiger partial charge in [-0.05, 0) is 29.7 Å². The Bertz CT molecular complexity index is 263. The highest BCUT2D eigenvalue weighted by molar-refractivity contribution is 9.10. The van der Waals surface area contributed by atoms with E-state index < -0.39 is 0 Å². The summed E-state index contributed by atoms with van der Waals surface area (Å²) in [6, 6.07) is 8.22. The van der Waals surface area contributed by atoms with Crippen molar-refractivity contribution in [3.63, 3.8) is 0 Å². The monoisotopic (exact) mass is 210 g/mol. The number of allylic oxidation sites excluding steroid dienone is 1. The summed E-state index contributed by atoms with van der Waals surface area (Å²) in [4.78, 5) is 0. The average molecular weight is 211 g/mol. The summed E-state index contributed by atoms with van der Waals surface area (Å²) in [5.41, 5.74) is 2.41. The maximum Gasteiger partial charge on any atom is 0.0181 e. The molecule has 0 radical (unpaired) electrons. The number of hydrogen-bond acceptors (Lipinski definition) is 0. The summed E-state index contributed by atoms with van der Waals surface area (Å²) in [6.07, 6.45) is 1.01. The lowest BCUT2D eigenvalue weighted by Gasteiger charge is -2.01. The highest BCUT2D eigenvalue weighted by atomic mass is 79.9. The number of benzene rings is 1. The van der Waals surface area contributed by atoms with Gasteiger partial charge in [-0.2, -0.15) is 0 Å². The second-order valence-corrected chi connectivity index (χ2v) is 3.38. The van der Waals surface area contributed by atoms with Gasteiger partial charge in [-0.3, -0.25) is 0 Å². The minimum atomic E-state index is 1.01. The molecule has 1 heteroatoms. The van der Waals surface area contributed by atoms with Gasteiger partial charge in [0.1, 0.15) is 0 Å². The molecule has 0 aliphatic heterocycles. The minimum absolute atomic E-state index is 1.01. The first-order valence-corrected chi connectivity index (χ1v) is 4.47. The number of hydrogen-bond donors (Lipinski definition) is 0. The van der Waals surface area contributed by atoms with E-state index >= 15 is 0 Å². The fourth-order valence-corrected chi connectivity index (χ4v) is 1.31. The third kappa shape index (κ3) is 2.19. The zero-order valence-electron chi connectivity index (χ0n) is 6.60. The summed E-state index contributed by atoms with van der Waals surface area (Å²) in [6.45, 7) is 6.08. The fourth-order valence-electron chi connectivity index (χ4n) is 0.913. The van der Waals surface area contributed by atoms with E-state index in [1.54, 1.807) is 0 Å². The van der Waals surface area contributed by atoms with E-state index in [9.17, 15) is 0 Å². The van der Waals surface area contributed by atoms with E-state index in [-0.39, 0.29) is 0 Å². The van der Waals surface area contributed by atoms with Crippen molar-refractivity contribution < 1.29 is 0 Å². The Morgan fingerprint density at radius 2 is 2.27 bits per heavy atom. The smallest absolute Gasteiger partial charge is 0.0181 e. The van der Waals surface area contributed by atoms with Crippen molar-refractivity contribution in [3.05, 3.63) is 40.9 Å². The fraction of sp³-hybridized carbons (Fsp3) is 0.200. The summed E-state index contributed by atoms with van der Waals surface area (Å²) < 4.78 is 1.12. The molecule has 0 aliphatic rings. The molecule has 0 fully saturated rings. The van der Waals surface area contributed by atoms with Crippen molar-refractivity contribution >= 4 is 21.5 Å². The third-order valence-corrected chi connectivity index (χ3v) is 2.15. The Kier molecular flexibility index (Phi) is 2.89. The van der Waals surface area contributed by atoms with Gasteiger partial charge in [-0.25, -0.2) is 0 Å². The van der Waals surface area contributed by atoms with Crippen molar-refractivity contribution in [2.75, 3.05) is 0 Å². The van der Waals surface area contributed by atoms with E-state index in [0.717, 1.165) is 10.9 Å².